The first kappa shape index (κ1) is 19.5. The largest absolute Gasteiger partial charge is 0.509 e. The number of hydrogen-bond donors (Lipinski definition) is 2. The summed E-state index contributed by atoms with van der Waals surface area (Å²) in [5, 5.41) is 14.3. The van der Waals surface area contributed by atoms with Crippen LogP contribution in [0.2, 0.25) is 0 Å². The van der Waals surface area contributed by atoms with Gasteiger partial charge in [-0.2, -0.15) is 0 Å². The van der Waals surface area contributed by atoms with E-state index in [0.717, 1.165) is 41.5 Å². The van der Waals surface area contributed by atoms with E-state index < -0.39 is 5.54 Å². The van der Waals surface area contributed by atoms with E-state index in [4.69, 9.17) is 4.74 Å². The third-order valence-electron chi connectivity index (χ3n) is 5.78. The molecule has 0 aromatic heterocycles. The van der Waals surface area contributed by atoms with Crippen molar-refractivity contribution in [1.29, 1.82) is 0 Å². The van der Waals surface area contributed by atoms with Crippen LogP contribution in [0, 0.1) is 18.8 Å². The second kappa shape index (κ2) is 7.78. The van der Waals surface area contributed by atoms with Crippen molar-refractivity contribution in [1.82, 2.24) is 5.32 Å². The van der Waals surface area contributed by atoms with Crippen LogP contribution in [-0.2, 0) is 16.0 Å². The Kier molecular flexibility index (Phi) is 5.62. The van der Waals surface area contributed by atoms with Gasteiger partial charge in [-0.25, -0.2) is 0 Å². The molecule has 0 bridgehead atoms. The lowest BCUT2D eigenvalue weighted by Gasteiger charge is -2.37. The van der Waals surface area contributed by atoms with Crippen molar-refractivity contribution in [2.24, 2.45) is 0 Å². The van der Waals surface area contributed by atoms with E-state index in [-0.39, 0.29) is 17.8 Å². The maximum atomic E-state index is 12.9. The molecule has 1 spiro atoms. The smallest absolute Gasteiger partial charge is 0.256 e. The molecule has 1 saturated carbocycles. The van der Waals surface area contributed by atoms with Gasteiger partial charge in [0.15, 0.2) is 0 Å². The fourth-order valence-electron chi connectivity index (χ4n) is 4.48. The zero-order chi connectivity index (χ0) is 19.6. The lowest BCUT2D eigenvalue weighted by atomic mass is 9.78. The SMILES string of the molecule is CC#Cc1cc(C)c(C2=C(O)C3(CCC(OCC)CC3)NC2=O)c(CC)c1. The molecule has 2 aliphatic rings. The van der Waals surface area contributed by atoms with Crippen LogP contribution < -0.4 is 5.32 Å². The Morgan fingerprint density at radius 1 is 1.30 bits per heavy atom. The van der Waals surface area contributed by atoms with Crippen LogP contribution in [0.15, 0.2) is 17.9 Å². The summed E-state index contributed by atoms with van der Waals surface area (Å²) in [6, 6.07) is 4.03. The third-order valence-corrected chi connectivity index (χ3v) is 5.78. The Labute approximate surface area is 162 Å². The zero-order valence-corrected chi connectivity index (χ0v) is 16.7. The van der Waals surface area contributed by atoms with Crippen molar-refractivity contribution in [3.05, 3.63) is 40.1 Å². The highest BCUT2D eigenvalue weighted by molar-refractivity contribution is 6.24. The predicted octanol–water partition coefficient (Wildman–Crippen LogP) is 4.05. The van der Waals surface area contributed by atoms with Gasteiger partial charge in [0.1, 0.15) is 5.76 Å². The van der Waals surface area contributed by atoms with Crippen molar-refractivity contribution < 1.29 is 14.6 Å². The molecule has 0 radical (unpaired) electrons. The van der Waals surface area contributed by atoms with Crippen LogP contribution in [0.3, 0.4) is 0 Å². The Morgan fingerprint density at radius 2 is 2.00 bits per heavy atom. The summed E-state index contributed by atoms with van der Waals surface area (Å²) in [4.78, 5) is 12.9. The van der Waals surface area contributed by atoms with Crippen molar-refractivity contribution >= 4 is 11.5 Å². The summed E-state index contributed by atoms with van der Waals surface area (Å²) in [7, 11) is 0. The minimum atomic E-state index is -0.640. The van der Waals surface area contributed by atoms with Gasteiger partial charge in [-0.3, -0.25) is 4.79 Å². The molecule has 1 aromatic rings. The first-order valence-corrected chi connectivity index (χ1v) is 9.90. The van der Waals surface area contributed by atoms with Crippen molar-refractivity contribution in [3.8, 4) is 11.8 Å². The van der Waals surface area contributed by atoms with Crippen LogP contribution in [0.25, 0.3) is 5.57 Å². The van der Waals surface area contributed by atoms with Gasteiger partial charge in [0.2, 0.25) is 0 Å². The lowest BCUT2D eigenvalue weighted by molar-refractivity contribution is -0.116. The van der Waals surface area contributed by atoms with Gasteiger partial charge in [-0.1, -0.05) is 12.8 Å². The minimum Gasteiger partial charge on any atom is -0.509 e. The molecule has 2 N–H and O–H groups in total. The van der Waals surface area contributed by atoms with Crippen molar-refractivity contribution in [2.75, 3.05) is 6.61 Å². The molecular weight excluding hydrogens is 338 g/mol. The number of amides is 1. The van der Waals surface area contributed by atoms with Crippen molar-refractivity contribution in [3.63, 3.8) is 0 Å². The van der Waals surface area contributed by atoms with Gasteiger partial charge in [-0.05, 0) is 81.7 Å². The summed E-state index contributed by atoms with van der Waals surface area (Å²) in [5.74, 6) is 6.05. The van der Waals surface area contributed by atoms with Crippen LogP contribution in [0.4, 0.5) is 0 Å². The highest BCUT2D eigenvalue weighted by Gasteiger charge is 2.48. The lowest BCUT2D eigenvalue weighted by Crippen LogP contribution is -2.48. The summed E-state index contributed by atoms with van der Waals surface area (Å²) in [6.07, 6.45) is 4.09. The van der Waals surface area contributed by atoms with Gasteiger partial charge < -0.3 is 15.2 Å². The molecule has 3 rings (SSSR count). The quantitative estimate of drug-likeness (QED) is 0.790. The minimum absolute atomic E-state index is 0.172. The number of aliphatic hydroxyl groups excluding tert-OH is 1. The number of hydrogen-bond acceptors (Lipinski definition) is 3. The molecule has 1 amide bonds. The van der Waals surface area contributed by atoms with Crippen LogP contribution in [0.5, 0.6) is 0 Å². The molecule has 144 valence electrons. The molecule has 0 saturated heterocycles. The number of aliphatic hydroxyl groups is 1. The van der Waals surface area contributed by atoms with E-state index in [1.807, 2.05) is 32.9 Å². The average Bonchev–Trinajstić information content (AvgIpc) is 2.87. The second-order valence-corrected chi connectivity index (χ2v) is 7.47. The number of carbonyl (C=O) groups excluding carboxylic acids is 1. The number of benzene rings is 1. The molecule has 0 atom stereocenters. The number of nitrogens with one attached hydrogen (secondary N) is 1. The maximum Gasteiger partial charge on any atom is 0.256 e. The predicted molar refractivity (Wildman–Crippen MR) is 107 cm³/mol. The highest BCUT2D eigenvalue weighted by Crippen LogP contribution is 2.43. The number of ether oxygens (including phenoxy) is 1. The van der Waals surface area contributed by atoms with Gasteiger partial charge in [-0.15, -0.1) is 5.92 Å². The van der Waals surface area contributed by atoms with Gasteiger partial charge in [0.05, 0.1) is 17.2 Å². The number of aryl methyl sites for hydroxylation is 2. The van der Waals surface area contributed by atoms with Crippen molar-refractivity contribution in [2.45, 2.75) is 71.4 Å². The normalized spacial score (nSPS) is 24.7. The summed E-state index contributed by atoms with van der Waals surface area (Å²) in [6.45, 7) is 8.56. The van der Waals surface area contributed by atoms with Gasteiger partial charge in [0.25, 0.3) is 5.91 Å². The first-order chi connectivity index (χ1) is 13.0. The van der Waals surface area contributed by atoms with E-state index in [9.17, 15) is 9.90 Å². The third kappa shape index (κ3) is 3.49. The monoisotopic (exact) mass is 367 g/mol. The average molecular weight is 367 g/mol. The zero-order valence-electron chi connectivity index (χ0n) is 16.7. The maximum absolute atomic E-state index is 12.9. The van der Waals surface area contributed by atoms with Crippen LogP contribution in [0.1, 0.15) is 68.7 Å². The molecule has 1 aromatic carbocycles. The van der Waals surface area contributed by atoms with E-state index >= 15 is 0 Å². The molecule has 1 aliphatic heterocycles. The molecule has 1 aliphatic carbocycles. The number of rotatable bonds is 4. The molecule has 1 fully saturated rings. The Hall–Kier alpha value is -2.25. The molecule has 0 unspecified atom stereocenters. The summed E-state index contributed by atoms with van der Waals surface area (Å²) in [5.41, 5.74) is 3.63. The van der Waals surface area contributed by atoms with E-state index in [2.05, 4.69) is 24.1 Å². The molecule has 1 heterocycles. The fraction of sp³-hybridized carbons (Fsp3) is 0.522. The van der Waals surface area contributed by atoms with E-state index in [1.165, 1.54) is 0 Å². The first-order valence-electron chi connectivity index (χ1n) is 9.90. The Morgan fingerprint density at radius 3 is 2.59 bits per heavy atom. The summed E-state index contributed by atoms with van der Waals surface area (Å²) < 4.78 is 5.73. The second-order valence-electron chi connectivity index (χ2n) is 7.47. The van der Waals surface area contributed by atoms with Gasteiger partial charge >= 0.3 is 0 Å². The molecule has 4 heteroatoms. The number of carbonyl (C=O) groups is 1. The molecule has 4 nitrogen and oxygen atoms in total. The standard InChI is InChI=1S/C23H29NO3/c1-5-8-16-13-15(4)19(17(6-2)14-16)20-21(25)23(24-22(20)26)11-9-18(10-12-23)27-7-3/h13-14,18,25H,6-7,9-12H2,1-4H3,(H,24,26). The van der Waals surface area contributed by atoms with E-state index in [1.54, 1.807) is 0 Å². The topological polar surface area (TPSA) is 58.6 Å². The highest BCUT2D eigenvalue weighted by atomic mass is 16.5. The van der Waals surface area contributed by atoms with E-state index in [0.29, 0.717) is 25.0 Å². The van der Waals surface area contributed by atoms with Crippen LogP contribution >= 0.6 is 0 Å². The van der Waals surface area contributed by atoms with Gasteiger partial charge in [0, 0.05) is 12.2 Å². The molecular formula is C23H29NO3. The summed E-state index contributed by atoms with van der Waals surface area (Å²) >= 11 is 0. The van der Waals surface area contributed by atoms with Crippen LogP contribution in [-0.4, -0.2) is 29.3 Å². The Bertz CT molecular complexity index is 833. The molecule has 27 heavy (non-hydrogen) atoms. The fourth-order valence-corrected chi connectivity index (χ4v) is 4.48. The Balaban J connectivity index is 2.02.